The zero-order valence-electron chi connectivity index (χ0n) is 13.6. The molecule has 5 heteroatoms. The van der Waals surface area contributed by atoms with Crippen LogP contribution < -0.4 is 4.74 Å². The summed E-state index contributed by atoms with van der Waals surface area (Å²) >= 11 is 0. The first kappa shape index (κ1) is 15.8. The number of hydrogen-bond acceptors (Lipinski definition) is 4. The van der Waals surface area contributed by atoms with E-state index < -0.39 is 8.32 Å². The Kier molecular flexibility index (Phi) is 3.97. The minimum atomic E-state index is -1.99. The third-order valence-corrected chi connectivity index (χ3v) is 8.53. The summed E-state index contributed by atoms with van der Waals surface area (Å²) in [4.78, 5) is 12.3. The van der Waals surface area contributed by atoms with Crippen LogP contribution >= 0.6 is 0 Å². The van der Waals surface area contributed by atoms with Crippen LogP contribution in [-0.4, -0.2) is 26.9 Å². The molecule has 114 valence electrons. The zero-order chi connectivity index (χ0) is 15.8. The molecule has 0 N–H and O–H groups in total. The second-order valence-electron chi connectivity index (χ2n) is 6.92. The van der Waals surface area contributed by atoms with E-state index in [0.717, 1.165) is 11.3 Å². The molecule has 0 amide bonds. The minimum Gasteiger partial charge on any atom is -0.497 e. The van der Waals surface area contributed by atoms with Gasteiger partial charge in [-0.3, -0.25) is 4.79 Å². The van der Waals surface area contributed by atoms with Crippen molar-refractivity contribution in [1.29, 1.82) is 0 Å². The highest BCUT2D eigenvalue weighted by atomic mass is 28.4. The Balaban J connectivity index is 2.21. The maximum atomic E-state index is 12.3. The van der Waals surface area contributed by atoms with Crippen molar-refractivity contribution >= 4 is 19.8 Å². The van der Waals surface area contributed by atoms with Crippen molar-refractivity contribution in [3.05, 3.63) is 29.3 Å². The molecule has 0 bridgehead atoms. The predicted octanol–water partition coefficient (Wildman–Crippen LogP) is 3.81. The first-order chi connectivity index (χ1) is 9.65. The minimum absolute atomic E-state index is 0.0358. The van der Waals surface area contributed by atoms with Gasteiger partial charge in [0, 0.05) is 12.0 Å². The molecular formula is C16H23NO3Si. The summed E-state index contributed by atoms with van der Waals surface area (Å²) in [6.07, 6.45) is 0.514. The molecule has 0 spiro atoms. The Labute approximate surface area is 127 Å². The Hall–Kier alpha value is -1.62. The summed E-state index contributed by atoms with van der Waals surface area (Å²) in [7, 11) is -0.368. The molecule has 0 unspecified atom stereocenters. The second kappa shape index (κ2) is 5.29. The summed E-state index contributed by atoms with van der Waals surface area (Å²) in [6.45, 7) is 10.7. The third kappa shape index (κ3) is 3.02. The molecule has 4 nitrogen and oxygen atoms in total. The van der Waals surface area contributed by atoms with Crippen LogP contribution in [0.25, 0.3) is 0 Å². The summed E-state index contributed by atoms with van der Waals surface area (Å²) in [6, 6.07) is 5.49. The lowest BCUT2D eigenvalue weighted by Crippen LogP contribution is -2.39. The number of ketones is 1. The van der Waals surface area contributed by atoms with Crippen LogP contribution in [0.2, 0.25) is 18.1 Å². The second-order valence-corrected chi connectivity index (χ2v) is 11.6. The van der Waals surface area contributed by atoms with Crippen molar-refractivity contribution in [1.82, 2.24) is 0 Å². The maximum Gasteiger partial charge on any atom is 0.286 e. The van der Waals surface area contributed by atoms with E-state index in [-0.39, 0.29) is 10.8 Å². The fourth-order valence-electron chi connectivity index (χ4n) is 1.86. The van der Waals surface area contributed by atoms with Crippen LogP contribution in [0.1, 0.15) is 36.7 Å². The van der Waals surface area contributed by atoms with Gasteiger partial charge in [0.1, 0.15) is 11.5 Å². The molecule has 21 heavy (non-hydrogen) atoms. The number of hydrogen-bond donors (Lipinski definition) is 0. The monoisotopic (exact) mass is 305 g/mol. The molecule has 0 heterocycles. The number of rotatable bonds is 3. The smallest absolute Gasteiger partial charge is 0.286 e. The van der Waals surface area contributed by atoms with Crippen LogP contribution in [0.4, 0.5) is 0 Å². The highest BCUT2D eigenvalue weighted by Crippen LogP contribution is 2.37. The van der Waals surface area contributed by atoms with Gasteiger partial charge in [0.2, 0.25) is 5.78 Å². The molecule has 1 aliphatic rings. The lowest BCUT2D eigenvalue weighted by Gasteiger charge is -2.33. The average molecular weight is 305 g/mol. The van der Waals surface area contributed by atoms with Crippen molar-refractivity contribution in [2.24, 2.45) is 5.16 Å². The van der Waals surface area contributed by atoms with E-state index in [1.807, 2.05) is 6.07 Å². The average Bonchev–Trinajstić information content (AvgIpc) is 2.71. The molecule has 0 radical (unpaired) electrons. The predicted molar refractivity (Wildman–Crippen MR) is 86.7 cm³/mol. The van der Waals surface area contributed by atoms with Crippen molar-refractivity contribution in [3.8, 4) is 5.75 Å². The number of benzene rings is 1. The number of oxime groups is 1. The van der Waals surface area contributed by atoms with Gasteiger partial charge < -0.3 is 9.26 Å². The van der Waals surface area contributed by atoms with Crippen LogP contribution in [0, 0.1) is 0 Å². The Morgan fingerprint density at radius 3 is 2.48 bits per heavy atom. The quantitative estimate of drug-likeness (QED) is 0.630. The van der Waals surface area contributed by atoms with Gasteiger partial charge in [0.15, 0.2) is 0 Å². The number of Topliss-reactive ketones (excluding diaryl/α,β-unsaturated/α-hetero) is 1. The summed E-state index contributed by atoms with van der Waals surface area (Å²) < 4.78 is 11.0. The summed E-state index contributed by atoms with van der Waals surface area (Å²) in [5.41, 5.74) is 2.15. The Bertz CT molecular complexity index is 600. The van der Waals surface area contributed by atoms with Gasteiger partial charge in [-0.05, 0) is 41.9 Å². The van der Waals surface area contributed by atoms with Gasteiger partial charge in [0.05, 0.1) is 7.11 Å². The van der Waals surface area contributed by atoms with Crippen LogP contribution in [0.15, 0.2) is 23.4 Å². The van der Waals surface area contributed by atoms with Crippen LogP contribution in [-0.2, 0) is 10.9 Å². The maximum absolute atomic E-state index is 12.3. The van der Waals surface area contributed by atoms with E-state index in [1.54, 1.807) is 19.2 Å². The molecule has 0 aliphatic heterocycles. The van der Waals surface area contributed by atoms with Crippen LogP contribution in [0.3, 0.4) is 0 Å². The van der Waals surface area contributed by atoms with Crippen molar-refractivity contribution in [2.75, 3.05) is 7.11 Å². The van der Waals surface area contributed by atoms with Gasteiger partial charge in [-0.2, -0.15) is 0 Å². The van der Waals surface area contributed by atoms with E-state index >= 15 is 0 Å². The van der Waals surface area contributed by atoms with Gasteiger partial charge in [-0.15, -0.1) is 5.16 Å². The number of methoxy groups -OCH3 is 1. The van der Waals surface area contributed by atoms with Gasteiger partial charge in [-0.25, -0.2) is 0 Å². The molecule has 0 saturated heterocycles. The van der Waals surface area contributed by atoms with Gasteiger partial charge >= 0.3 is 0 Å². The molecule has 1 aromatic carbocycles. The first-order valence-corrected chi connectivity index (χ1v) is 10.0. The molecule has 0 fully saturated rings. The molecule has 0 aromatic heterocycles. The fourth-order valence-corrected chi connectivity index (χ4v) is 2.47. The summed E-state index contributed by atoms with van der Waals surface area (Å²) in [5, 5.41) is 4.26. The molecule has 0 saturated carbocycles. The Morgan fingerprint density at radius 2 is 1.90 bits per heavy atom. The highest BCUT2D eigenvalue weighted by molar-refractivity contribution is 6.74. The number of carbonyl (C=O) groups is 1. The van der Waals surface area contributed by atoms with E-state index in [0.29, 0.717) is 17.7 Å². The van der Waals surface area contributed by atoms with E-state index in [2.05, 4.69) is 39.0 Å². The van der Waals surface area contributed by atoms with Crippen molar-refractivity contribution in [2.45, 2.75) is 45.3 Å². The third-order valence-electron chi connectivity index (χ3n) is 4.37. The Morgan fingerprint density at radius 1 is 1.24 bits per heavy atom. The van der Waals surface area contributed by atoms with Crippen molar-refractivity contribution < 1.29 is 14.1 Å². The lowest BCUT2D eigenvalue weighted by atomic mass is 10.1. The number of carbonyl (C=O) groups excluding carboxylic acids is 1. The number of nitrogens with zero attached hydrogens (tertiary/aromatic N) is 1. The summed E-state index contributed by atoms with van der Waals surface area (Å²) in [5.74, 6) is 0.722. The molecule has 1 aromatic rings. The molecule has 0 atom stereocenters. The number of ether oxygens (including phenoxy) is 1. The van der Waals surface area contributed by atoms with E-state index in [4.69, 9.17) is 9.26 Å². The topological polar surface area (TPSA) is 47.9 Å². The van der Waals surface area contributed by atoms with E-state index in [9.17, 15) is 4.79 Å². The number of fused-ring (bicyclic) bond motifs is 1. The SMILES string of the molecule is COc1ccc2c(c1)C/C(=N/O[Si](C)(C)C(C)(C)C)C2=O. The van der Waals surface area contributed by atoms with Gasteiger partial charge in [-0.1, -0.05) is 20.8 Å². The molecular weight excluding hydrogens is 282 g/mol. The lowest BCUT2D eigenvalue weighted by molar-refractivity contribution is 0.106. The van der Waals surface area contributed by atoms with Crippen LogP contribution in [0.5, 0.6) is 5.75 Å². The fraction of sp³-hybridized carbons (Fsp3) is 0.500. The van der Waals surface area contributed by atoms with Crippen molar-refractivity contribution in [3.63, 3.8) is 0 Å². The van der Waals surface area contributed by atoms with Gasteiger partial charge in [0.25, 0.3) is 8.32 Å². The van der Waals surface area contributed by atoms with E-state index in [1.165, 1.54) is 0 Å². The standard InChI is InChI=1S/C16H23NO3Si/c1-16(2,3)21(5,6)20-17-14-10-11-9-12(19-4)7-8-13(11)15(14)18/h7-9H,10H2,1-6H3/b17-14-. The molecule has 2 rings (SSSR count). The largest absolute Gasteiger partial charge is 0.497 e. The first-order valence-electron chi connectivity index (χ1n) is 7.12. The zero-order valence-corrected chi connectivity index (χ0v) is 14.6. The normalized spacial score (nSPS) is 17.0. The molecule has 1 aliphatic carbocycles. The highest BCUT2D eigenvalue weighted by Gasteiger charge is 2.40.